The third kappa shape index (κ3) is 3.42. The molecule has 6 heteroatoms. The van der Waals surface area contributed by atoms with E-state index in [1.165, 1.54) is 12.0 Å². The number of rotatable bonds is 4. The van der Waals surface area contributed by atoms with Crippen LogP contribution in [-0.2, 0) is 14.3 Å². The number of nitrogens with one attached hydrogen (secondary N) is 1. The van der Waals surface area contributed by atoms with Crippen LogP contribution in [0.2, 0.25) is 0 Å². The molecule has 2 rings (SSSR count). The van der Waals surface area contributed by atoms with Gasteiger partial charge in [-0.1, -0.05) is 40.8 Å². The first kappa shape index (κ1) is 14.6. The zero-order chi connectivity index (χ0) is 13.8. The highest BCUT2D eigenvalue weighted by atomic mass is 127. The molecule has 0 radical (unpaired) electrons. The van der Waals surface area contributed by atoms with Gasteiger partial charge in [-0.15, -0.1) is 11.8 Å². The number of hydrogen-bond donors (Lipinski definition) is 1. The zero-order valence-electron chi connectivity index (χ0n) is 10.4. The van der Waals surface area contributed by atoms with E-state index in [4.69, 9.17) is 0 Å². The molecule has 1 N–H and O–H groups in total. The van der Waals surface area contributed by atoms with Crippen LogP contribution in [0.15, 0.2) is 29.2 Å². The summed E-state index contributed by atoms with van der Waals surface area (Å²) in [4.78, 5) is 24.6. The monoisotopic (exact) mass is 391 g/mol. The van der Waals surface area contributed by atoms with Gasteiger partial charge in [-0.3, -0.25) is 9.59 Å². The summed E-state index contributed by atoms with van der Waals surface area (Å²) in [5, 5.41) is 2.82. The summed E-state index contributed by atoms with van der Waals surface area (Å²) in [7, 11) is 1.35. The number of methoxy groups -OCH3 is 1. The summed E-state index contributed by atoms with van der Waals surface area (Å²) in [6.45, 7) is 0.301. The Morgan fingerprint density at radius 1 is 1.53 bits per heavy atom. The Morgan fingerprint density at radius 2 is 2.26 bits per heavy atom. The SMILES string of the molecule is COC(=O)C(I)CNC(=O)C1CSc2ccccc21. The number of carbonyl (C=O) groups excluding carboxylic acids is 2. The lowest BCUT2D eigenvalue weighted by molar-refractivity contribution is -0.139. The number of amides is 1. The van der Waals surface area contributed by atoms with Crippen molar-refractivity contribution in [3.05, 3.63) is 29.8 Å². The molecule has 2 atom stereocenters. The van der Waals surface area contributed by atoms with E-state index in [2.05, 4.69) is 10.1 Å². The maximum absolute atomic E-state index is 12.1. The van der Waals surface area contributed by atoms with Crippen LogP contribution in [0.5, 0.6) is 0 Å². The second-order valence-electron chi connectivity index (χ2n) is 4.14. The molecule has 2 unspecified atom stereocenters. The molecule has 0 fully saturated rings. The van der Waals surface area contributed by atoms with Gasteiger partial charge in [0.15, 0.2) is 0 Å². The van der Waals surface area contributed by atoms with Gasteiger partial charge in [0.2, 0.25) is 5.91 Å². The van der Waals surface area contributed by atoms with E-state index < -0.39 is 0 Å². The summed E-state index contributed by atoms with van der Waals surface area (Å²) in [6, 6.07) is 7.94. The topological polar surface area (TPSA) is 55.4 Å². The predicted octanol–water partition coefficient (Wildman–Crippen LogP) is 1.97. The van der Waals surface area contributed by atoms with Crippen molar-refractivity contribution in [2.24, 2.45) is 0 Å². The third-order valence-electron chi connectivity index (χ3n) is 2.93. The molecule has 0 aromatic heterocycles. The van der Waals surface area contributed by atoms with Crippen molar-refractivity contribution >= 4 is 46.2 Å². The highest BCUT2D eigenvalue weighted by Crippen LogP contribution is 2.39. The predicted molar refractivity (Wildman–Crippen MR) is 82.7 cm³/mol. The highest BCUT2D eigenvalue weighted by molar-refractivity contribution is 14.1. The van der Waals surface area contributed by atoms with Crippen molar-refractivity contribution in [2.75, 3.05) is 19.4 Å². The van der Waals surface area contributed by atoms with Crippen LogP contribution in [0.25, 0.3) is 0 Å². The maximum atomic E-state index is 12.1. The number of fused-ring (bicyclic) bond motifs is 1. The molecule has 1 aliphatic rings. The zero-order valence-corrected chi connectivity index (χ0v) is 13.4. The summed E-state index contributed by atoms with van der Waals surface area (Å²) < 4.78 is 4.27. The minimum Gasteiger partial charge on any atom is -0.468 e. The van der Waals surface area contributed by atoms with Crippen LogP contribution in [0.1, 0.15) is 11.5 Å². The lowest BCUT2D eigenvalue weighted by atomic mass is 10.0. The molecule has 1 aromatic rings. The lowest BCUT2D eigenvalue weighted by Crippen LogP contribution is -2.36. The van der Waals surface area contributed by atoms with Crippen molar-refractivity contribution < 1.29 is 14.3 Å². The maximum Gasteiger partial charge on any atom is 0.320 e. The molecule has 1 aliphatic heterocycles. The highest BCUT2D eigenvalue weighted by Gasteiger charge is 2.29. The van der Waals surface area contributed by atoms with Gasteiger partial charge in [-0.2, -0.15) is 0 Å². The number of thioether (sulfide) groups is 1. The molecule has 0 saturated carbocycles. The fourth-order valence-corrected chi connectivity index (χ4v) is 3.61. The molecular weight excluding hydrogens is 377 g/mol. The number of carbonyl (C=O) groups is 2. The molecule has 0 spiro atoms. The first-order chi connectivity index (χ1) is 9.13. The van der Waals surface area contributed by atoms with Crippen LogP contribution < -0.4 is 5.32 Å². The number of hydrogen-bond acceptors (Lipinski definition) is 4. The van der Waals surface area contributed by atoms with Gasteiger partial charge in [0.25, 0.3) is 0 Å². The number of alkyl halides is 1. The lowest BCUT2D eigenvalue weighted by Gasteiger charge is -2.13. The second kappa shape index (κ2) is 6.60. The molecule has 0 saturated heterocycles. The van der Waals surface area contributed by atoms with Gasteiger partial charge in [0, 0.05) is 17.2 Å². The Morgan fingerprint density at radius 3 is 3.00 bits per heavy atom. The number of halogens is 1. The Bertz CT molecular complexity index is 495. The quantitative estimate of drug-likeness (QED) is 0.485. The first-order valence-corrected chi connectivity index (χ1v) is 8.08. The Kier molecular flexibility index (Phi) is 5.09. The molecule has 4 nitrogen and oxygen atoms in total. The van der Waals surface area contributed by atoms with E-state index in [9.17, 15) is 9.59 Å². The number of benzene rings is 1. The standard InChI is InChI=1S/C13H14INO3S/c1-18-13(17)10(14)6-15-12(16)9-7-19-11-5-3-2-4-8(9)11/h2-5,9-10H,6-7H2,1H3,(H,15,16). The van der Waals surface area contributed by atoms with Crippen molar-refractivity contribution in [1.29, 1.82) is 0 Å². The van der Waals surface area contributed by atoms with Crippen LogP contribution in [0.3, 0.4) is 0 Å². The van der Waals surface area contributed by atoms with E-state index in [1.54, 1.807) is 11.8 Å². The summed E-state index contributed by atoms with van der Waals surface area (Å²) in [5.74, 6) is 0.294. The minimum atomic E-state index is -0.351. The molecule has 1 aromatic carbocycles. The summed E-state index contributed by atoms with van der Waals surface area (Å²) >= 11 is 3.66. The molecule has 1 heterocycles. The van der Waals surface area contributed by atoms with Gasteiger partial charge in [-0.05, 0) is 11.6 Å². The van der Waals surface area contributed by atoms with Crippen LogP contribution in [0, 0.1) is 0 Å². The largest absolute Gasteiger partial charge is 0.468 e. The average Bonchev–Trinajstić information content (AvgIpc) is 2.87. The van der Waals surface area contributed by atoms with E-state index in [-0.39, 0.29) is 21.7 Å². The fraction of sp³-hybridized carbons (Fsp3) is 0.385. The van der Waals surface area contributed by atoms with Crippen molar-refractivity contribution in [1.82, 2.24) is 5.32 Å². The van der Waals surface area contributed by atoms with Crippen LogP contribution in [-0.4, -0.2) is 35.2 Å². The van der Waals surface area contributed by atoms with E-state index in [0.29, 0.717) is 6.54 Å². The normalized spacial score (nSPS) is 18.5. The molecule has 0 aliphatic carbocycles. The first-order valence-electron chi connectivity index (χ1n) is 5.85. The van der Waals surface area contributed by atoms with Gasteiger partial charge >= 0.3 is 5.97 Å². The van der Waals surface area contributed by atoms with Gasteiger partial charge in [-0.25, -0.2) is 0 Å². The average molecular weight is 391 g/mol. The third-order valence-corrected chi connectivity index (χ3v) is 5.06. The Balaban J connectivity index is 1.94. The summed E-state index contributed by atoms with van der Waals surface area (Å²) in [6.07, 6.45) is 0. The van der Waals surface area contributed by atoms with Crippen molar-refractivity contribution in [3.63, 3.8) is 0 Å². The Labute approximate surface area is 129 Å². The second-order valence-corrected chi connectivity index (χ2v) is 6.70. The van der Waals surface area contributed by atoms with Crippen LogP contribution in [0.4, 0.5) is 0 Å². The number of esters is 1. The molecule has 102 valence electrons. The minimum absolute atomic E-state index is 0.0250. The van der Waals surface area contributed by atoms with E-state index in [1.807, 2.05) is 46.9 Å². The van der Waals surface area contributed by atoms with Crippen molar-refractivity contribution in [2.45, 2.75) is 14.7 Å². The smallest absolute Gasteiger partial charge is 0.320 e. The van der Waals surface area contributed by atoms with E-state index >= 15 is 0 Å². The molecule has 19 heavy (non-hydrogen) atoms. The fourth-order valence-electron chi connectivity index (χ4n) is 1.90. The molecular formula is C13H14INO3S. The van der Waals surface area contributed by atoms with Crippen molar-refractivity contribution in [3.8, 4) is 0 Å². The number of ether oxygens (including phenoxy) is 1. The van der Waals surface area contributed by atoms with E-state index in [0.717, 1.165) is 11.3 Å². The van der Waals surface area contributed by atoms with Crippen LogP contribution >= 0.6 is 34.4 Å². The van der Waals surface area contributed by atoms with Gasteiger partial charge in [0.05, 0.1) is 13.0 Å². The molecule has 1 amide bonds. The van der Waals surface area contributed by atoms with Gasteiger partial charge in [0.1, 0.15) is 3.92 Å². The van der Waals surface area contributed by atoms with Gasteiger partial charge < -0.3 is 10.1 Å². The molecule has 0 bridgehead atoms. The summed E-state index contributed by atoms with van der Waals surface area (Å²) in [5.41, 5.74) is 1.08. The Hall–Kier alpha value is -0.760.